The molecule has 1 aliphatic heterocycles. The van der Waals surface area contributed by atoms with Crippen LogP contribution in [-0.4, -0.2) is 57.2 Å². The predicted molar refractivity (Wildman–Crippen MR) is 164 cm³/mol. The summed E-state index contributed by atoms with van der Waals surface area (Å²) in [5.74, 6) is 1.87. The van der Waals surface area contributed by atoms with Crippen molar-refractivity contribution in [2.75, 3.05) is 26.3 Å². The van der Waals surface area contributed by atoms with Gasteiger partial charge in [0, 0.05) is 19.1 Å². The molecule has 0 amide bonds. The summed E-state index contributed by atoms with van der Waals surface area (Å²) in [6.07, 6.45) is 0.891. The Balaban J connectivity index is 0.912. The first kappa shape index (κ1) is 27.4. The number of aromatic nitrogens is 4. The largest absolute Gasteiger partial charge is 0.453 e. The lowest BCUT2D eigenvalue weighted by molar-refractivity contribution is 0.0309. The first-order valence-electron chi connectivity index (χ1n) is 14.1. The maximum atomic E-state index is 6.07. The van der Waals surface area contributed by atoms with E-state index in [1.807, 2.05) is 42.5 Å². The van der Waals surface area contributed by atoms with Crippen molar-refractivity contribution < 1.29 is 13.6 Å². The van der Waals surface area contributed by atoms with Gasteiger partial charge in [0.15, 0.2) is 20.5 Å². The Kier molecular flexibility index (Phi) is 8.08. The highest BCUT2D eigenvalue weighted by atomic mass is 32.2. The van der Waals surface area contributed by atoms with Crippen LogP contribution >= 0.6 is 23.5 Å². The Morgan fingerprint density at radius 1 is 0.833 bits per heavy atom. The van der Waals surface area contributed by atoms with Gasteiger partial charge in [0.25, 0.3) is 0 Å². The zero-order valence-electron chi connectivity index (χ0n) is 23.3. The summed E-state index contributed by atoms with van der Waals surface area (Å²) in [6.45, 7) is 7.11. The van der Waals surface area contributed by atoms with Gasteiger partial charge in [-0.15, -0.1) is 0 Å². The SMILES string of the molecule is CC(Cc1ccc2nc(Sc3ccc(CN4CCOCC4)o3)[nH]c2c1)NCc1ccc(Sc2nc3ccccc3[nH]2)o1. The van der Waals surface area contributed by atoms with Gasteiger partial charge in [0.05, 0.1) is 48.4 Å². The Morgan fingerprint density at radius 2 is 1.52 bits per heavy atom. The van der Waals surface area contributed by atoms with Crippen molar-refractivity contribution >= 4 is 45.6 Å². The second-order valence-electron chi connectivity index (χ2n) is 10.5. The van der Waals surface area contributed by atoms with E-state index in [4.69, 9.17) is 18.6 Å². The molecular formula is C31H32N6O3S2. The van der Waals surface area contributed by atoms with E-state index >= 15 is 0 Å². The number of benzene rings is 2. The smallest absolute Gasteiger partial charge is 0.174 e. The number of furan rings is 2. The van der Waals surface area contributed by atoms with E-state index in [-0.39, 0.29) is 6.04 Å². The average molecular weight is 601 g/mol. The number of hydrogen-bond acceptors (Lipinski definition) is 9. The third-order valence-electron chi connectivity index (χ3n) is 7.21. The third-order valence-corrected chi connectivity index (χ3v) is 8.83. The molecule has 3 N–H and O–H groups in total. The zero-order chi connectivity index (χ0) is 28.3. The third kappa shape index (κ3) is 6.61. The number of nitrogens with one attached hydrogen (secondary N) is 3. The van der Waals surface area contributed by atoms with Crippen LogP contribution < -0.4 is 5.32 Å². The molecule has 1 fully saturated rings. The highest BCUT2D eigenvalue weighted by Gasteiger charge is 2.15. The first-order valence-corrected chi connectivity index (χ1v) is 15.8. The maximum Gasteiger partial charge on any atom is 0.174 e. The van der Waals surface area contributed by atoms with Crippen LogP contribution in [0.2, 0.25) is 0 Å². The average Bonchev–Trinajstić information content (AvgIpc) is 3.79. The van der Waals surface area contributed by atoms with E-state index in [0.29, 0.717) is 6.54 Å². The standard InChI is InChI=1S/C31H32N6O3S2/c1-20(32-18-22-7-10-28(39-22)41-30-33-24-4-2-3-5-25(24)34-30)16-21-6-9-26-27(17-21)36-31(35-26)42-29-11-8-23(40-29)19-37-12-14-38-15-13-37/h2-11,17,20,32H,12-16,18-19H2,1H3,(H,33,34)(H,35,36). The minimum atomic E-state index is 0.267. The summed E-state index contributed by atoms with van der Waals surface area (Å²) in [4.78, 5) is 18.5. The highest BCUT2D eigenvalue weighted by molar-refractivity contribution is 7.99. The molecule has 1 unspecified atom stereocenters. The number of H-pyrrole nitrogens is 2. The number of imidazole rings is 2. The van der Waals surface area contributed by atoms with Gasteiger partial charge >= 0.3 is 0 Å². The molecule has 9 nitrogen and oxygen atoms in total. The van der Waals surface area contributed by atoms with Crippen LogP contribution in [0.5, 0.6) is 0 Å². The minimum Gasteiger partial charge on any atom is -0.453 e. The molecule has 4 aromatic heterocycles. The van der Waals surface area contributed by atoms with E-state index in [1.54, 1.807) is 0 Å². The molecular weight excluding hydrogens is 569 g/mol. The second-order valence-corrected chi connectivity index (χ2v) is 12.5. The summed E-state index contributed by atoms with van der Waals surface area (Å²) in [7, 11) is 0. The van der Waals surface area contributed by atoms with Gasteiger partial charge in [-0.05, 0) is 91.0 Å². The Morgan fingerprint density at radius 3 is 2.31 bits per heavy atom. The summed E-state index contributed by atoms with van der Waals surface area (Å²) in [5.41, 5.74) is 5.20. The number of hydrogen-bond donors (Lipinski definition) is 3. The Labute approximate surface area is 251 Å². The molecule has 42 heavy (non-hydrogen) atoms. The molecule has 11 heteroatoms. The minimum absolute atomic E-state index is 0.267. The fourth-order valence-corrected chi connectivity index (χ4v) is 6.62. The molecule has 0 bridgehead atoms. The van der Waals surface area contributed by atoms with Crippen molar-refractivity contribution in [3.05, 3.63) is 83.8 Å². The molecule has 1 atom stereocenters. The number of para-hydroxylation sites is 2. The topological polar surface area (TPSA) is 108 Å². The molecule has 0 spiro atoms. The molecule has 6 aromatic rings. The van der Waals surface area contributed by atoms with Crippen LogP contribution in [0.15, 0.2) is 96.1 Å². The lowest BCUT2D eigenvalue weighted by atomic mass is 10.1. The molecule has 7 rings (SSSR count). The van der Waals surface area contributed by atoms with E-state index in [1.165, 1.54) is 29.1 Å². The van der Waals surface area contributed by atoms with Gasteiger partial charge in [-0.25, -0.2) is 9.97 Å². The summed E-state index contributed by atoms with van der Waals surface area (Å²) in [5, 5.41) is 6.90. The van der Waals surface area contributed by atoms with Crippen LogP contribution in [0.4, 0.5) is 0 Å². The fourth-order valence-electron chi connectivity index (χ4n) is 5.06. The monoisotopic (exact) mass is 600 g/mol. The van der Waals surface area contributed by atoms with Crippen LogP contribution in [0, 0.1) is 0 Å². The molecule has 5 heterocycles. The molecule has 2 aromatic carbocycles. The summed E-state index contributed by atoms with van der Waals surface area (Å²) >= 11 is 3.02. The van der Waals surface area contributed by atoms with Crippen molar-refractivity contribution in [2.45, 2.75) is 53.0 Å². The highest BCUT2D eigenvalue weighted by Crippen LogP contribution is 2.30. The van der Waals surface area contributed by atoms with Crippen molar-refractivity contribution in [1.82, 2.24) is 30.2 Å². The second kappa shape index (κ2) is 12.4. The van der Waals surface area contributed by atoms with Gasteiger partial charge in [-0.2, -0.15) is 0 Å². The number of fused-ring (bicyclic) bond motifs is 2. The number of ether oxygens (including phenoxy) is 1. The predicted octanol–water partition coefficient (Wildman–Crippen LogP) is 6.48. The van der Waals surface area contributed by atoms with Gasteiger partial charge < -0.3 is 28.9 Å². The molecule has 1 aliphatic rings. The van der Waals surface area contributed by atoms with E-state index in [0.717, 1.165) is 93.4 Å². The van der Waals surface area contributed by atoms with Crippen LogP contribution in [0.25, 0.3) is 22.1 Å². The summed E-state index contributed by atoms with van der Waals surface area (Å²) < 4.78 is 17.5. The van der Waals surface area contributed by atoms with Gasteiger partial charge in [0.1, 0.15) is 11.5 Å². The van der Waals surface area contributed by atoms with Gasteiger partial charge in [-0.1, -0.05) is 18.2 Å². The summed E-state index contributed by atoms with van der Waals surface area (Å²) in [6, 6.07) is 22.8. The number of nitrogens with zero attached hydrogens (tertiary/aromatic N) is 3. The zero-order valence-corrected chi connectivity index (χ0v) is 24.9. The van der Waals surface area contributed by atoms with Gasteiger partial charge in [-0.3, -0.25) is 4.90 Å². The number of rotatable bonds is 11. The molecule has 1 saturated heterocycles. The van der Waals surface area contributed by atoms with Gasteiger partial charge in [0.2, 0.25) is 0 Å². The van der Waals surface area contributed by atoms with E-state index in [9.17, 15) is 0 Å². The lowest BCUT2D eigenvalue weighted by Gasteiger charge is -2.25. The fraction of sp³-hybridized carbons (Fsp3) is 0.290. The Hall–Kier alpha value is -3.48. The molecule has 0 saturated carbocycles. The van der Waals surface area contributed by atoms with E-state index < -0.39 is 0 Å². The maximum absolute atomic E-state index is 6.07. The van der Waals surface area contributed by atoms with Crippen molar-refractivity contribution in [3.63, 3.8) is 0 Å². The quantitative estimate of drug-likeness (QED) is 0.154. The van der Waals surface area contributed by atoms with Crippen molar-refractivity contribution in [3.8, 4) is 0 Å². The molecule has 0 radical (unpaired) electrons. The van der Waals surface area contributed by atoms with Crippen molar-refractivity contribution in [2.24, 2.45) is 0 Å². The normalized spacial score (nSPS) is 15.2. The molecule has 0 aliphatic carbocycles. The van der Waals surface area contributed by atoms with Crippen LogP contribution in [0.3, 0.4) is 0 Å². The Bertz CT molecular complexity index is 1750. The van der Waals surface area contributed by atoms with E-state index in [2.05, 4.69) is 56.4 Å². The molecule has 216 valence electrons. The van der Waals surface area contributed by atoms with Crippen LogP contribution in [0.1, 0.15) is 24.0 Å². The lowest BCUT2D eigenvalue weighted by Crippen LogP contribution is -2.35. The number of aromatic amines is 2. The number of morpholine rings is 1. The first-order chi connectivity index (χ1) is 20.6. The van der Waals surface area contributed by atoms with Crippen molar-refractivity contribution in [1.29, 1.82) is 0 Å². The van der Waals surface area contributed by atoms with Crippen LogP contribution in [-0.2, 0) is 24.2 Å².